The van der Waals surface area contributed by atoms with Gasteiger partial charge in [0.2, 0.25) is 0 Å². The first-order valence-electron chi connectivity index (χ1n) is 9.08. The molecule has 3 rings (SSSR count). The van der Waals surface area contributed by atoms with Crippen LogP contribution in [0.3, 0.4) is 0 Å². The molecule has 0 radical (unpaired) electrons. The number of aromatic amines is 1. The summed E-state index contributed by atoms with van der Waals surface area (Å²) in [7, 11) is 2.14. The Kier molecular flexibility index (Phi) is 5.29. The van der Waals surface area contributed by atoms with Gasteiger partial charge in [-0.05, 0) is 40.7 Å². The minimum absolute atomic E-state index is 0.307. The van der Waals surface area contributed by atoms with Gasteiger partial charge in [0.05, 0.1) is 5.69 Å². The maximum Gasteiger partial charge on any atom is 0.131 e. The molecule has 5 heteroatoms. The molecule has 0 unspecified atom stereocenters. The number of H-pyrrole nitrogens is 1. The van der Waals surface area contributed by atoms with Crippen molar-refractivity contribution in [2.75, 3.05) is 7.05 Å². The highest BCUT2D eigenvalue weighted by Crippen LogP contribution is 2.30. The zero-order valence-corrected chi connectivity index (χ0v) is 15.3. The molecular formula is C19H29N5. The van der Waals surface area contributed by atoms with Crippen molar-refractivity contribution in [3.63, 3.8) is 0 Å². The van der Waals surface area contributed by atoms with Crippen molar-refractivity contribution in [3.05, 3.63) is 40.7 Å². The average Bonchev–Trinajstić information content (AvgIpc) is 2.94. The summed E-state index contributed by atoms with van der Waals surface area (Å²) >= 11 is 0. The molecule has 5 nitrogen and oxygen atoms in total. The lowest BCUT2D eigenvalue weighted by Crippen LogP contribution is -2.23. The lowest BCUT2D eigenvalue weighted by Gasteiger charge is -2.25. The van der Waals surface area contributed by atoms with Crippen molar-refractivity contribution in [2.24, 2.45) is 0 Å². The minimum Gasteiger partial charge on any atom is -0.295 e. The molecule has 2 heterocycles. The monoisotopic (exact) mass is 327 g/mol. The fourth-order valence-corrected chi connectivity index (χ4v) is 3.84. The zero-order chi connectivity index (χ0) is 17.1. The lowest BCUT2D eigenvalue weighted by molar-refractivity contribution is 0.251. The van der Waals surface area contributed by atoms with Crippen molar-refractivity contribution in [1.82, 2.24) is 25.1 Å². The van der Waals surface area contributed by atoms with Crippen LogP contribution in [0.1, 0.15) is 79.3 Å². The molecule has 24 heavy (non-hydrogen) atoms. The molecule has 0 amide bonds. The van der Waals surface area contributed by atoms with Gasteiger partial charge in [0.1, 0.15) is 5.82 Å². The molecule has 2 aromatic rings. The SMILES string of the molecule is Cc1n[nH]c(C)c1[C@@H](C)N(C)Cc1cnc(C2CCCCC2)nc1. The van der Waals surface area contributed by atoms with Crippen LogP contribution in [0.4, 0.5) is 0 Å². The van der Waals surface area contributed by atoms with E-state index < -0.39 is 0 Å². The van der Waals surface area contributed by atoms with Crippen LogP contribution in [-0.4, -0.2) is 32.1 Å². The summed E-state index contributed by atoms with van der Waals surface area (Å²) < 4.78 is 0. The van der Waals surface area contributed by atoms with E-state index in [0.717, 1.165) is 23.8 Å². The Morgan fingerprint density at radius 1 is 1.17 bits per heavy atom. The topological polar surface area (TPSA) is 57.7 Å². The van der Waals surface area contributed by atoms with E-state index in [9.17, 15) is 0 Å². The molecule has 1 aliphatic rings. The van der Waals surface area contributed by atoms with Crippen LogP contribution in [0.25, 0.3) is 0 Å². The van der Waals surface area contributed by atoms with Gasteiger partial charge in [-0.25, -0.2) is 9.97 Å². The van der Waals surface area contributed by atoms with Crippen molar-refractivity contribution in [3.8, 4) is 0 Å². The third kappa shape index (κ3) is 3.66. The fraction of sp³-hybridized carbons (Fsp3) is 0.632. The molecule has 0 aromatic carbocycles. The number of rotatable bonds is 5. The average molecular weight is 327 g/mol. The van der Waals surface area contributed by atoms with Crippen LogP contribution in [-0.2, 0) is 6.54 Å². The maximum atomic E-state index is 4.66. The van der Waals surface area contributed by atoms with Crippen LogP contribution in [0.15, 0.2) is 12.4 Å². The number of nitrogens with zero attached hydrogens (tertiary/aromatic N) is 4. The molecule has 1 atom stereocenters. The minimum atomic E-state index is 0.307. The molecule has 2 aromatic heterocycles. The van der Waals surface area contributed by atoms with Gasteiger partial charge in [0.25, 0.3) is 0 Å². The highest BCUT2D eigenvalue weighted by Gasteiger charge is 2.20. The van der Waals surface area contributed by atoms with Crippen LogP contribution in [0, 0.1) is 13.8 Å². The van der Waals surface area contributed by atoms with E-state index >= 15 is 0 Å². The van der Waals surface area contributed by atoms with E-state index in [4.69, 9.17) is 0 Å². The fourth-order valence-electron chi connectivity index (χ4n) is 3.84. The summed E-state index contributed by atoms with van der Waals surface area (Å²) in [6.07, 6.45) is 10.5. The molecule has 1 fully saturated rings. The predicted molar refractivity (Wildman–Crippen MR) is 95.8 cm³/mol. The highest BCUT2D eigenvalue weighted by molar-refractivity contribution is 5.26. The van der Waals surface area contributed by atoms with Gasteiger partial charge in [-0.3, -0.25) is 10.00 Å². The first-order chi connectivity index (χ1) is 11.6. The second-order valence-electron chi connectivity index (χ2n) is 7.22. The smallest absolute Gasteiger partial charge is 0.131 e. The highest BCUT2D eigenvalue weighted by atomic mass is 15.2. The Labute approximate surface area is 144 Å². The summed E-state index contributed by atoms with van der Waals surface area (Å²) in [4.78, 5) is 11.6. The second kappa shape index (κ2) is 7.43. The number of aromatic nitrogens is 4. The number of hydrogen-bond donors (Lipinski definition) is 1. The van der Waals surface area contributed by atoms with Crippen molar-refractivity contribution >= 4 is 0 Å². The van der Waals surface area contributed by atoms with Crippen LogP contribution < -0.4 is 0 Å². The van der Waals surface area contributed by atoms with Crippen LogP contribution in [0.5, 0.6) is 0 Å². The van der Waals surface area contributed by atoms with E-state index in [1.807, 2.05) is 12.4 Å². The van der Waals surface area contributed by atoms with E-state index in [1.165, 1.54) is 43.2 Å². The van der Waals surface area contributed by atoms with E-state index in [0.29, 0.717) is 12.0 Å². The molecule has 130 valence electrons. The number of hydrogen-bond acceptors (Lipinski definition) is 4. The summed E-state index contributed by atoms with van der Waals surface area (Å²) in [5.74, 6) is 1.61. The van der Waals surface area contributed by atoms with Gasteiger partial charge in [-0.2, -0.15) is 5.10 Å². The predicted octanol–water partition coefficient (Wildman–Crippen LogP) is 4.06. The maximum absolute atomic E-state index is 4.66. The van der Waals surface area contributed by atoms with Crippen molar-refractivity contribution < 1.29 is 0 Å². The van der Waals surface area contributed by atoms with Crippen LogP contribution >= 0.6 is 0 Å². The van der Waals surface area contributed by atoms with Crippen molar-refractivity contribution in [2.45, 2.75) is 71.4 Å². The molecule has 1 saturated carbocycles. The Bertz CT molecular complexity index is 635. The van der Waals surface area contributed by atoms with E-state index in [1.54, 1.807) is 0 Å². The Morgan fingerprint density at radius 3 is 2.42 bits per heavy atom. The largest absolute Gasteiger partial charge is 0.295 e. The van der Waals surface area contributed by atoms with Gasteiger partial charge < -0.3 is 0 Å². The van der Waals surface area contributed by atoms with Gasteiger partial charge in [-0.1, -0.05) is 19.3 Å². The molecule has 1 aliphatic carbocycles. The summed E-state index contributed by atoms with van der Waals surface area (Å²) in [6, 6.07) is 0.307. The Morgan fingerprint density at radius 2 is 1.83 bits per heavy atom. The first kappa shape index (κ1) is 17.1. The molecule has 0 saturated heterocycles. The third-order valence-corrected chi connectivity index (χ3v) is 5.39. The van der Waals surface area contributed by atoms with Gasteiger partial charge in [-0.15, -0.1) is 0 Å². The lowest BCUT2D eigenvalue weighted by atomic mass is 9.89. The first-order valence-corrected chi connectivity index (χ1v) is 9.08. The van der Waals surface area contributed by atoms with Gasteiger partial charge >= 0.3 is 0 Å². The summed E-state index contributed by atoms with van der Waals surface area (Å²) in [6.45, 7) is 7.21. The van der Waals surface area contributed by atoms with Gasteiger partial charge in [0.15, 0.2) is 0 Å². The molecule has 0 bridgehead atoms. The van der Waals surface area contributed by atoms with Gasteiger partial charge in [0, 0.05) is 47.7 Å². The molecule has 0 aliphatic heterocycles. The summed E-state index contributed by atoms with van der Waals surface area (Å²) in [5, 5.41) is 7.39. The standard InChI is InChI=1S/C19H29N5/c1-13-18(14(2)23-22-13)15(3)24(4)12-16-10-20-19(21-11-16)17-8-6-5-7-9-17/h10-11,15,17H,5-9,12H2,1-4H3,(H,22,23)/t15-/m1/s1. The van der Waals surface area contributed by atoms with Crippen LogP contribution in [0.2, 0.25) is 0 Å². The molecule has 1 N–H and O–H groups in total. The number of aryl methyl sites for hydroxylation is 2. The third-order valence-electron chi connectivity index (χ3n) is 5.39. The zero-order valence-electron chi connectivity index (χ0n) is 15.3. The Balaban J connectivity index is 1.65. The van der Waals surface area contributed by atoms with E-state index in [-0.39, 0.29) is 0 Å². The Hall–Kier alpha value is -1.75. The summed E-state index contributed by atoms with van der Waals surface area (Å²) in [5.41, 5.74) is 4.69. The second-order valence-corrected chi connectivity index (χ2v) is 7.22. The van der Waals surface area contributed by atoms with Crippen molar-refractivity contribution in [1.29, 1.82) is 0 Å². The number of nitrogens with one attached hydrogen (secondary N) is 1. The quantitative estimate of drug-likeness (QED) is 0.900. The molecular weight excluding hydrogens is 298 g/mol. The molecule has 0 spiro atoms. The van der Waals surface area contributed by atoms with E-state index in [2.05, 4.69) is 52.9 Å². The normalized spacial score (nSPS) is 17.4.